The number of methoxy groups -OCH3 is 1. The van der Waals surface area contributed by atoms with E-state index in [0.29, 0.717) is 30.2 Å². The SMILES string of the molecule is COc1cc(NC(=O)NCCC(=O)N2CCN(c3ccccn3)CC2)ccc1NC(C)=O. The highest BCUT2D eigenvalue weighted by Crippen LogP contribution is 2.27. The number of aromatic nitrogens is 1. The van der Waals surface area contributed by atoms with Crippen molar-refractivity contribution in [3.63, 3.8) is 0 Å². The van der Waals surface area contributed by atoms with Gasteiger partial charge in [0.05, 0.1) is 12.8 Å². The molecule has 2 aromatic rings. The van der Waals surface area contributed by atoms with Crippen molar-refractivity contribution in [1.82, 2.24) is 15.2 Å². The molecule has 0 unspecified atom stereocenters. The van der Waals surface area contributed by atoms with Gasteiger partial charge in [0.15, 0.2) is 0 Å². The topological polar surface area (TPSA) is 116 Å². The smallest absolute Gasteiger partial charge is 0.319 e. The summed E-state index contributed by atoms with van der Waals surface area (Å²) in [7, 11) is 1.48. The lowest BCUT2D eigenvalue weighted by atomic mass is 10.2. The molecule has 1 fully saturated rings. The van der Waals surface area contributed by atoms with Crippen molar-refractivity contribution in [1.29, 1.82) is 0 Å². The molecule has 4 amide bonds. The van der Waals surface area contributed by atoms with Crippen molar-refractivity contribution in [2.45, 2.75) is 13.3 Å². The summed E-state index contributed by atoms with van der Waals surface area (Å²) < 4.78 is 5.24. The van der Waals surface area contributed by atoms with Crippen LogP contribution >= 0.6 is 0 Å². The van der Waals surface area contributed by atoms with E-state index in [2.05, 4.69) is 25.8 Å². The number of nitrogens with zero attached hydrogens (tertiary/aromatic N) is 3. The van der Waals surface area contributed by atoms with Crippen molar-refractivity contribution < 1.29 is 19.1 Å². The summed E-state index contributed by atoms with van der Waals surface area (Å²) in [5, 5.41) is 8.04. The minimum absolute atomic E-state index is 0.00676. The van der Waals surface area contributed by atoms with Crippen LogP contribution < -0.4 is 25.6 Å². The van der Waals surface area contributed by atoms with Gasteiger partial charge < -0.3 is 30.5 Å². The van der Waals surface area contributed by atoms with E-state index in [-0.39, 0.29) is 24.8 Å². The number of carbonyl (C=O) groups excluding carboxylic acids is 3. The molecular weight excluding hydrogens is 412 g/mol. The predicted molar refractivity (Wildman–Crippen MR) is 122 cm³/mol. The molecule has 1 aliphatic rings. The molecule has 2 heterocycles. The number of piperazine rings is 1. The van der Waals surface area contributed by atoms with Gasteiger partial charge in [-0.1, -0.05) is 6.07 Å². The maximum atomic E-state index is 12.5. The Kier molecular flexibility index (Phi) is 7.85. The van der Waals surface area contributed by atoms with Crippen molar-refractivity contribution in [2.24, 2.45) is 0 Å². The molecule has 1 saturated heterocycles. The number of ether oxygens (including phenoxy) is 1. The zero-order chi connectivity index (χ0) is 22.9. The largest absolute Gasteiger partial charge is 0.494 e. The highest BCUT2D eigenvalue weighted by Gasteiger charge is 2.21. The van der Waals surface area contributed by atoms with Crippen LogP contribution in [0.2, 0.25) is 0 Å². The number of benzene rings is 1. The Morgan fingerprint density at radius 1 is 1.06 bits per heavy atom. The molecule has 0 spiro atoms. The van der Waals surface area contributed by atoms with E-state index in [9.17, 15) is 14.4 Å². The highest BCUT2D eigenvalue weighted by atomic mass is 16.5. The van der Waals surface area contributed by atoms with Crippen molar-refractivity contribution >= 4 is 35.0 Å². The Morgan fingerprint density at radius 3 is 2.50 bits per heavy atom. The van der Waals surface area contributed by atoms with E-state index in [1.165, 1.54) is 14.0 Å². The van der Waals surface area contributed by atoms with Gasteiger partial charge in [0, 0.05) is 64.0 Å². The molecule has 0 aliphatic carbocycles. The molecule has 170 valence electrons. The van der Waals surface area contributed by atoms with Crippen molar-refractivity contribution in [3.05, 3.63) is 42.6 Å². The van der Waals surface area contributed by atoms with Gasteiger partial charge in [0.1, 0.15) is 11.6 Å². The third kappa shape index (κ3) is 6.34. The molecule has 32 heavy (non-hydrogen) atoms. The fraction of sp³-hybridized carbons (Fsp3) is 0.364. The van der Waals surface area contributed by atoms with Crippen molar-refractivity contribution in [2.75, 3.05) is 55.4 Å². The summed E-state index contributed by atoms with van der Waals surface area (Å²) in [6.07, 6.45) is 1.98. The fourth-order valence-corrected chi connectivity index (χ4v) is 3.40. The number of carbonyl (C=O) groups is 3. The number of hydrogen-bond acceptors (Lipinski definition) is 6. The second-order valence-corrected chi connectivity index (χ2v) is 7.28. The van der Waals surface area contributed by atoms with E-state index in [0.717, 1.165) is 18.9 Å². The number of nitrogens with one attached hydrogen (secondary N) is 3. The molecule has 1 aromatic carbocycles. The Balaban J connectivity index is 1.40. The molecule has 3 rings (SSSR count). The van der Waals surface area contributed by atoms with Crippen LogP contribution in [0.25, 0.3) is 0 Å². The van der Waals surface area contributed by atoms with E-state index in [1.54, 1.807) is 24.4 Å². The average Bonchev–Trinajstić information content (AvgIpc) is 2.80. The van der Waals surface area contributed by atoms with Crippen LogP contribution in [0.5, 0.6) is 5.75 Å². The summed E-state index contributed by atoms with van der Waals surface area (Å²) in [5.41, 5.74) is 1.02. The lowest BCUT2D eigenvalue weighted by Crippen LogP contribution is -2.49. The average molecular weight is 441 g/mol. The molecular formula is C22H28N6O4. The maximum Gasteiger partial charge on any atom is 0.319 e. The molecule has 1 aromatic heterocycles. The molecule has 10 nitrogen and oxygen atoms in total. The zero-order valence-electron chi connectivity index (χ0n) is 18.3. The highest BCUT2D eigenvalue weighted by molar-refractivity contribution is 5.93. The standard InChI is InChI=1S/C22H28N6O4/c1-16(29)25-18-7-6-17(15-19(18)32-2)26-22(31)24-10-8-21(30)28-13-11-27(12-14-28)20-5-3-4-9-23-20/h3-7,9,15H,8,10-14H2,1-2H3,(H,25,29)(H2,24,26,31). The Bertz CT molecular complexity index is 945. The molecule has 0 saturated carbocycles. The lowest BCUT2D eigenvalue weighted by molar-refractivity contribution is -0.131. The third-order valence-corrected chi connectivity index (χ3v) is 5.00. The van der Waals surface area contributed by atoms with Crippen LogP contribution in [0.1, 0.15) is 13.3 Å². The van der Waals surface area contributed by atoms with Gasteiger partial charge in [0.25, 0.3) is 0 Å². The third-order valence-electron chi connectivity index (χ3n) is 5.00. The van der Waals surface area contributed by atoms with E-state index < -0.39 is 6.03 Å². The lowest BCUT2D eigenvalue weighted by Gasteiger charge is -2.35. The summed E-state index contributed by atoms with van der Waals surface area (Å²) >= 11 is 0. The van der Waals surface area contributed by atoms with E-state index in [4.69, 9.17) is 4.74 Å². The molecule has 0 bridgehead atoms. The summed E-state index contributed by atoms with van der Waals surface area (Å²) in [5.74, 6) is 1.13. The van der Waals surface area contributed by atoms with Crippen LogP contribution in [0.4, 0.5) is 22.0 Å². The Morgan fingerprint density at radius 2 is 1.84 bits per heavy atom. The van der Waals surface area contributed by atoms with Crippen LogP contribution in [0.15, 0.2) is 42.6 Å². The van der Waals surface area contributed by atoms with Gasteiger partial charge in [-0.25, -0.2) is 9.78 Å². The maximum absolute atomic E-state index is 12.5. The number of hydrogen-bond donors (Lipinski definition) is 3. The van der Waals surface area contributed by atoms with Gasteiger partial charge in [0.2, 0.25) is 11.8 Å². The molecule has 1 aliphatic heterocycles. The minimum atomic E-state index is -0.424. The first kappa shape index (κ1) is 22.9. The van der Waals surface area contributed by atoms with Crippen molar-refractivity contribution in [3.8, 4) is 5.75 Å². The van der Waals surface area contributed by atoms with E-state index in [1.807, 2.05) is 23.1 Å². The number of amides is 4. The monoisotopic (exact) mass is 440 g/mol. The molecule has 10 heteroatoms. The first-order valence-corrected chi connectivity index (χ1v) is 10.4. The number of rotatable bonds is 7. The second kappa shape index (κ2) is 11.0. The van der Waals surface area contributed by atoms with E-state index >= 15 is 0 Å². The fourth-order valence-electron chi connectivity index (χ4n) is 3.40. The minimum Gasteiger partial charge on any atom is -0.494 e. The quantitative estimate of drug-likeness (QED) is 0.606. The number of pyridine rings is 1. The van der Waals surface area contributed by atoms with Crippen LogP contribution in [0, 0.1) is 0 Å². The Labute approximate surface area is 186 Å². The summed E-state index contributed by atoms with van der Waals surface area (Å²) in [6.45, 7) is 4.34. The van der Waals surface area contributed by atoms with Gasteiger partial charge >= 0.3 is 6.03 Å². The molecule has 3 N–H and O–H groups in total. The number of anilines is 3. The second-order valence-electron chi connectivity index (χ2n) is 7.28. The first-order chi connectivity index (χ1) is 15.5. The number of urea groups is 1. The molecule has 0 atom stereocenters. The summed E-state index contributed by atoms with van der Waals surface area (Å²) in [4.78, 5) is 44.2. The zero-order valence-corrected chi connectivity index (χ0v) is 18.3. The van der Waals surface area contributed by atoms with Gasteiger partial charge in [-0.15, -0.1) is 0 Å². The molecule has 0 radical (unpaired) electrons. The van der Waals surface area contributed by atoms with Crippen LogP contribution in [-0.2, 0) is 9.59 Å². The predicted octanol–water partition coefficient (Wildman–Crippen LogP) is 1.91. The van der Waals surface area contributed by atoms with Gasteiger partial charge in [-0.05, 0) is 24.3 Å². The normalized spacial score (nSPS) is 13.3. The van der Waals surface area contributed by atoms with Crippen LogP contribution in [-0.4, -0.2) is 67.6 Å². The first-order valence-electron chi connectivity index (χ1n) is 10.4. The van der Waals surface area contributed by atoms with Gasteiger partial charge in [-0.3, -0.25) is 9.59 Å². The van der Waals surface area contributed by atoms with Gasteiger partial charge in [-0.2, -0.15) is 0 Å². The summed E-state index contributed by atoms with van der Waals surface area (Å²) in [6, 6.07) is 10.3. The Hall–Kier alpha value is -3.82. The van der Waals surface area contributed by atoms with Crippen LogP contribution in [0.3, 0.4) is 0 Å².